The van der Waals surface area contributed by atoms with Gasteiger partial charge in [-0.25, -0.2) is 0 Å². The second kappa shape index (κ2) is 5.95. The maximum absolute atomic E-state index is 12.3. The SMILES string of the molecule is CN(CC1CCCCC1)C(=O)c1cc(O)ccc1N. The molecular formula is C15H22N2O2. The van der Waals surface area contributed by atoms with E-state index in [0.29, 0.717) is 17.2 Å². The van der Waals surface area contributed by atoms with Crippen LogP contribution in [0.5, 0.6) is 5.75 Å². The van der Waals surface area contributed by atoms with Crippen molar-refractivity contribution < 1.29 is 9.90 Å². The average Bonchev–Trinajstić information content (AvgIpc) is 2.42. The number of carbonyl (C=O) groups excluding carboxylic acids is 1. The molecule has 0 atom stereocenters. The van der Waals surface area contributed by atoms with Crippen LogP contribution in [0.3, 0.4) is 0 Å². The fourth-order valence-electron chi connectivity index (χ4n) is 2.78. The summed E-state index contributed by atoms with van der Waals surface area (Å²) >= 11 is 0. The van der Waals surface area contributed by atoms with Crippen LogP contribution in [0, 0.1) is 5.92 Å². The molecule has 0 unspecified atom stereocenters. The number of phenolic OH excluding ortho intramolecular Hbond substituents is 1. The number of nitrogens with zero attached hydrogens (tertiary/aromatic N) is 1. The van der Waals surface area contributed by atoms with Crippen LogP contribution in [0.2, 0.25) is 0 Å². The third kappa shape index (κ3) is 3.40. The first-order valence-corrected chi connectivity index (χ1v) is 6.92. The number of phenols is 1. The number of carbonyl (C=O) groups is 1. The summed E-state index contributed by atoms with van der Waals surface area (Å²) in [6.45, 7) is 0.772. The molecule has 1 saturated carbocycles. The van der Waals surface area contributed by atoms with Gasteiger partial charge < -0.3 is 15.7 Å². The Kier molecular flexibility index (Phi) is 4.30. The molecular weight excluding hydrogens is 240 g/mol. The van der Waals surface area contributed by atoms with Crippen molar-refractivity contribution in [3.05, 3.63) is 23.8 Å². The molecule has 1 aromatic carbocycles. The summed E-state index contributed by atoms with van der Waals surface area (Å²) in [4.78, 5) is 14.0. The molecule has 1 amide bonds. The Morgan fingerprint density at radius 3 is 2.74 bits per heavy atom. The number of rotatable bonds is 3. The van der Waals surface area contributed by atoms with Gasteiger partial charge in [-0.1, -0.05) is 19.3 Å². The van der Waals surface area contributed by atoms with Crippen LogP contribution in [0.25, 0.3) is 0 Å². The number of benzene rings is 1. The Morgan fingerprint density at radius 1 is 1.37 bits per heavy atom. The molecule has 0 heterocycles. The summed E-state index contributed by atoms with van der Waals surface area (Å²) < 4.78 is 0. The Morgan fingerprint density at radius 2 is 2.05 bits per heavy atom. The van der Waals surface area contributed by atoms with Crippen molar-refractivity contribution in [1.29, 1.82) is 0 Å². The number of aromatic hydroxyl groups is 1. The molecule has 4 nitrogen and oxygen atoms in total. The minimum absolute atomic E-state index is 0.0728. The third-order valence-corrected chi connectivity index (χ3v) is 3.87. The van der Waals surface area contributed by atoms with Crippen molar-refractivity contribution in [2.45, 2.75) is 32.1 Å². The minimum atomic E-state index is -0.112. The molecule has 3 N–H and O–H groups in total. The van der Waals surface area contributed by atoms with Gasteiger partial charge >= 0.3 is 0 Å². The van der Waals surface area contributed by atoms with Gasteiger partial charge in [0.15, 0.2) is 0 Å². The number of hydrogen-bond acceptors (Lipinski definition) is 3. The molecule has 1 aliphatic rings. The number of nitrogen functional groups attached to an aromatic ring is 1. The largest absolute Gasteiger partial charge is 0.508 e. The fraction of sp³-hybridized carbons (Fsp3) is 0.533. The van der Waals surface area contributed by atoms with Gasteiger partial charge in [0.2, 0.25) is 0 Å². The zero-order valence-electron chi connectivity index (χ0n) is 11.4. The Hall–Kier alpha value is -1.71. The lowest BCUT2D eigenvalue weighted by Gasteiger charge is -2.27. The van der Waals surface area contributed by atoms with Gasteiger partial charge in [0.1, 0.15) is 5.75 Å². The Balaban J connectivity index is 2.03. The summed E-state index contributed by atoms with van der Waals surface area (Å²) in [6, 6.07) is 4.50. The van der Waals surface area contributed by atoms with Gasteiger partial charge in [0.05, 0.1) is 5.56 Å². The predicted octanol–water partition coefficient (Wildman–Crippen LogP) is 2.63. The molecule has 0 bridgehead atoms. The van der Waals surface area contributed by atoms with Crippen molar-refractivity contribution in [2.24, 2.45) is 5.92 Å². The van der Waals surface area contributed by atoms with Crippen LogP contribution < -0.4 is 5.73 Å². The minimum Gasteiger partial charge on any atom is -0.508 e. The molecule has 0 spiro atoms. The quantitative estimate of drug-likeness (QED) is 0.650. The maximum atomic E-state index is 12.3. The first-order chi connectivity index (χ1) is 9.08. The first-order valence-electron chi connectivity index (χ1n) is 6.92. The molecule has 1 fully saturated rings. The van der Waals surface area contributed by atoms with E-state index in [1.54, 1.807) is 18.0 Å². The predicted molar refractivity (Wildman–Crippen MR) is 76.1 cm³/mol. The average molecular weight is 262 g/mol. The highest BCUT2D eigenvalue weighted by atomic mass is 16.3. The van der Waals surface area contributed by atoms with E-state index < -0.39 is 0 Å². The van der Waals surface area contributed by atoms with Crippen LogP contribution in [-0.4, -0.2) is 29.5 Å². The zero-order chi connectivity index (χ0) is 13.8. The van der Waals surface area contributed by atoms with Gasteiger partial charge in [-0.15, -0.1) is 0 Å². The normalized spacial score (nSPS) is 16.3. The molecule has 19 heavy (non-hydrogen) atoms. The van der Waals surface area contributed by atoms with E-state index >= 15 is 0 Å². The van der Waals surface area contributed by atoms with Gasteiger partial charge in [-0.05, 0) is 37.0 Å². The van der Waals surface area contributed by atoms with E-state index in [0.717, 1.165) is 6.54 Å². The van der Waals surface area contributed by atoms with Gasteiger partial charge in [0, 0.05) is 19.3 Å². The standard InChI is InChI=1S/C15H22N2O2/c1-17(10-11-5-3-2-4-6-11)15(19)13-9-12(18)7-8-14(13)16/h7-9,11,18H,2-6,10,16H2,1H3. The number of anilines is 1. The monoisotopic (exact) mass is 262 g/mol. The van der Waals surface area contributed by atoms with Crippen LogP contribution >= 0.6 is 0 Å². The van der Waals surface area contributed by atoms with Crippen LogP contribution in [0.4, 0.5) is 5.69 Å². The fourth-order valence-corrected chi connectivity index (χ4v) is 2.78. The molecule has 0 radical (unpaired) electrons. The summed E-state index contributed by atoms with van der Waals surface area (Å²) in [5.41, 5.74) is 6.61. The van der Waals surface area contributed by atoms with Crippen LogP contribution in [0.15, 0.2) is 18.2 Å². The molecule has 0 aliphatic heterocycles. The second-order valence-electron chi connectivity index (χ2n) is 5.46. The molecule has 0 aromatic heterocycles. The van der Waals surface area contributed by atoms with E-state index in [1.165, 1.54) is 44.2 Å². The Labute approximate surface area is 114 Å². The highest BCUT2D eigenvalue weighted by Gasteiger charge is 2.20. The summed E-state index contributed by atoms with van der Waals surface area (Å²) in [7, 11) is 1.81. The van der Waals surface area contributed by atoms with Crippen LogP contribution in [-0.2, 0) is 0 Å². The summed E-state index contributed by atoms with van der Waals surface area (Å²) in [5, 5.41) is 9.46. The third-order valence-electron chi connectivity index (χ3n) is 3.87. The maximum Gasteiger partial charge on any atom is 0.255 e. The van der Waals surface area contributed by atoms with Crippen LogP contribution in [0.1, 0.15) is 42.5 Å². The highest BCUT2D eigenvalue weighted by molar-refractivity contribution is 5.99. The van der Waals surface area contributed by atoms with Gasteiger partial charge in [-0.3, -0.25) is 4.79 Å². The van der Waals surface area contributed by atoms with Crippen molar-refractivity contribution in [2.75, 3.05) is 19.3 Å². The molecule has 1 aliphatic carbocycles. The van der Waals surface area contributed by atoms with Crippen molar-refractivity contribution in [1.82, 2.24) is 4.90 Å². The highest BCUT2D eigenvalue weighted by Crippen LogP contribution is 2.25. The van der Waals surface area contributed by atoms with Gasteiger partial charge in [0.25, 0.3) is 5.91 Å². The van der Waals surface area contributed by atoms with Crippen molar-refractivity contribution in [3.8, 4) is 5.75 Å². The lowest BCUT2D eigenvalue weighted by atomic mass is 9.89. The van der Waals surface area contributed by atoms with E-state index in [9.17, 15) is 9.90 Å². The second-order valence-corrected chi connectivity index (χ2v) is 5.46. The molecule has 4 heteroatoms. The first kappa shape index (κ1) is 13.7. The van der Waals surface area contributed by atoms with E-state index in [2.05, 4.69) is 0 Å². The van der Waals surface area contributed by atoms with E-state index in [1.807, 2.05) is 0 Å². The van der Waals surface area contributed by atoms with E-state index in [-0.39, 0.29) is 11.7 Å². The number of hydrogen-bond donors (Lipinski definition) is 2. The molecule has 104 valence electrons. The van der Waals surface area contributed by atoms with Gasteiger partial charge in [-0.2, -0.15) is 0 Å². The van der Waals surface area contributed by atoms with Crippen molar-refractivity contribution >= 4 is 11.6 Å². The zero-order valence-corrected chi connectivity index (χ0v) is 11.4. The molecule has 0 saturated heterocycles. The Bertz CT molecular complexity index is 453. The summed E-state index contributed by atoms with van der Waals surface area (Å²) in [5.74, 6) is 0.559. The smallest absolute Gasteiger partial charge is 0.255 e. The van der Waals surface area contributed by atoms with E-state index in [4.69, 9.17) is 5.73 Å². The molecule has 2 rings (SSSR count). The number of nitrogens with two attached hydrogens (primary N) is 1. The lowest BCUT2D eigenvalue weighted by Crippen LogP contribution is -2.33. The lowest BCUT2D eigenvalue weighted by molar-refractivity contribution is 0.0761. The summed E-state index contributed by atoms with van der Waals surface area (Å²) in [6.07, 6.45) is 6.25. The number of amides is 1. The molecule has 1 aromatic rings. The topological polar surface area (TPSA) is 66.6 Å². The van der Waals surface area contributed by atoms with Crippen molar-refractivity contribution in [3.63, 3.8) is 0 Å².